The average Bonchev–Trinajstić information content (AvgIpc) is 2.58. The highest BCUT2D eigenvalue weighted by Crippen LogP contribution is 2.22. The van der Waals surface area contributed by atoms with Gasteiger partial charge in [-0.3, -0.25) is 9.59 Å². The van der Waals surface area contributed by atoms with E-state index >= 15 is 0 Å². The van der Waals surface area contributed by atoms with Crippen LogP contribution in [0.3, 0.4) is 0 Å². The molecular formula is C19H28N2O5. The van der Waals surface area contributed by atoms with Gasteiger partial charge in [0, 0.05) is 6.42 Å². The fourth-order valence-electron chi connectivity index (χ4n) is 2.53. The van der Waals surface area contributed by atoms with Crippen molar-refractivity contribution in [3.63, 3.8) is 0 Å². The molecular weight excluding hydrogens is 336 g/mol. The molecule has 0 bridgehead atoms. The molecule has 7 nitrogen and oxygen atoms in total. The predicted molar refractivity (Wildman–Crippen MR) is 97.8 cm³/mol. The Labute approximate surface area is 153 Å². The third kappa shape index (κ3) is 6.15. The molecule has 0 heterocycles. The van der Waals surface area contributed by atoms with Crippen molar-refractivity contribution in [3.8, 4) is 0 Å². The number of benzene rings is 1. The summed E-state index contributed by atoms with van der Waals surface area (Å²) in [6, 6.07) is 6.79. The van der Waals surface area contributed by atoms with Crippen molar-refractivity contribution in [2.75, 3.05) is 6.54 Å². The molecule has 0 unspecified atom stereocenters. The van der Waals surface area contributed by atoms with Gasteiger partial charge < -0.3 is 20.8 Å². The van der Waals surface area contributed by atoms with Crippen LogP contribution in [-0.2, 0) is 20.8 Å². The standard InChI is InChI=1S/C19H28N2O5/c1-4-5-11-20-15(19(2,3)18(25)26)16(22)21-14(17(23)24)12-13-9-7-6-8-10-13/h6-10,14-15,20H,4-5,11-12H2,1-3H3,(H,21,22)(H,23,24)(H,25,26)/t14-,15+/m0/s1. The maximum atomic E-state index is 12.7. The highest BCUT2D eigenvalue weighted by Gasteiger charge is 2.42. The zero-order valence-electron chi connectivity index (χ0n) is 15.5. The lowest BCUT2D eigenvalue weighted by molar-refractivity contribution is -0.152. The van der Waals surface area contributed by atoms with Gasteiger partial charge in [-0.05, 0) is 32.4 Å². The Hall–Kier alpha value is -2.41. The number of amides is 1. The molecule has 0 fully saturated rings. The van der Waals surface area contributed by atoms with Gasteiger partial charge in [-0.25, -0.2) is 4.79 Å². The third-order valence-electron chi connectivity index (χ3n) is 4.31. The number of rotatable bonds is 11. The first-order chi connectivity index (χ1) is 12.2. The topological polar surface area (TPSA) is 116 Å². The van der Waals surface area contributed by atoms with Crippen molar-refractivity contribution in [1.29, 1.82) is 0 Å². The average molecular weight is 364 g/mol. The van der Waals surface area contributed by atoms with Gasteiger partial charge in [0.1, 0.15) is 12.1 Å². The molecule has 1 aromatic carbocycles. The number of carbonyl (C=O) groups excluding carboxylic acids is 1. The molecule has 144 valence electrons. The maximum absolute atomic E-state index is 12.7. The molecule has 0 aromatic heterocycles. The first kappa shape index (κ1) is 21.6. The van der Waals surface area contributed by atoms with Crippen molar-refractivity contribution >= 4 is 17.8 Å². The first-order valence-corrected chi connectivity index (χ1v) is 8.74. The molecule has 4 N–H and O–H groups in total. The molecule has 0 aliphatic heterocycles. The van der Waals surface area contributed by atoms with Crippen LogP contribution in [0.2, 0.25) is 0 Å². The Morgan fingerprint density at radius 3 is 2.23 bits per heavy atom. The van der Waals surface area contributed by atoms with Crippen molar-refractivity contribution in [2.24, 2.45) is 5.41 Å². The van der Waals surface area contributed by atoms with E-state index in [-0.39, 0.29) is 6.42 Å². The van der Waals surface area contributed by atoms with Crippen LogP contribution in [0.1, 0.15) is 39.2 Å². The van der Waals surface area contributed by atoms with E-state index in [4.69, 9.17) is 0 Å². The molecule has 0 aliphatic rings. The summed E-state index contributed by atoms with van der Waals surface area (Å²) in [6.07, 6.45) is 1.80. The molecule has 0 saturated carbocycles. The van der Waals surface area contributed by atoms with E-state index in [1.807, 2.05) is 13.0 Å². The van der Waals surface area contributed by atoms with E-state index in [1.54, 1.807) is 24.3 Å². The smallest absolute Gasteiger partial charge is 0.326 e. The number of carboxylic acid groups (broad SMARTS) is 2. The number of nitrogens with one attached hydrogen (secondary N) is 2. The lowest BCUT2D eigenvalue weighted by Crippen LogP contribution is -2.58. The molecule has 1 aromatic rings. The second kappa shape index (κ2) is 9.91. The Balaban J connectivity index is 2.93. The Morgan fingerprint density at radius 1 is 1.12 bits per heavy atom. The van der Waals surface area contributed by atoms with Crippen molar-refractivity contribution in [1.82, 2.24) is 10.6 Å². The van der Waals surface area contributed by atoms with Gasteiger partial charge in [0.2, 0.25) is 5.91 Å². The van der Waals surface area contributed by atoms with Gasteiger partial charge in [-0.15, -0.1) is 0 Å². The van der Waals surface area contributed by atoms with Gasteiger partial charge in [0.25, 0.3) is 0 Å². The zero-order valence-corrected chi connectivity index (χ0v) is 15.5. The molecule has 1 rings (SSSR count). The van der Waals surface area contributed by atoms with Gasteiger partial charge in [0.05, 0.1) is 5.41 Å². The fraction of sp³-hybridized carbons (Fsp3) is 0.526. The van der Waals surface area contributed by atoms with Crippen LogP contribution in [0.4, 0.5) is 0 Å². The Morgan fingerprint density at radius 2 is 1.73 bits per heavy atom. The summed E-state index contributed by atoms with van der Waals surface area (Å²) in [6.45, 7) is 5.36. The summed E-state index contributed by atoms with van der Waals surface area (Å²) in [5, 5.41) is 24.4. The van der Waals surface area contributed by atoms with Crippen LogP contribution < -0.4 is 10.6 Å². The number of hydrogen-bond acceptors (Lipinski definition) is 4. The monoisotopic (exact) mass is 364 g/mol. The summed E-state index contributed by atoms with van der Waals surface area (Å²) in [5.74, 6) is -2.92. The highest BCUT2D eigenvalue weighted by atomic mass is 16.4. The quantitative estimate of drug-likeness (QED) is 0.444. The number of carbonyl (C=O) groups is 3. The largest absolute Gasteiger partial charge is 0.481 e. The summed E-state index contributed by atoms with van der Waals surface area (Å²) < 4.78 is 0. The number of hydrogen-bond donors (Lipinski definition) is 4. The SMILES string of the molecule is CCCCN[C@H](C(=O)N[C@@H](Cc1ccccc1)C(=O)O)C(C)(C)C(=O)O. The van der Waals surface area contributed by atoms with E-state index in [1.165, 1.54) is 13.8 Å². The molecule has 1 amide bonds. The van der Waals surface area contributed by atoms with E-state index in [0.717, 1.165) is 18.4 Å². The van der Waals surface area contributed by atoms with Crippen molar-refractivity contribution in [2.45, 2.75) is 52.1 Å². The summed E-state index contributed by atoms with van der Waals surface area (Å²) in [4.78, 5) is 35.8. The van der Waals surface area contributed by atoms with Crippen LogP contribution >= 0.6 is 0 Å². The molecule has 0 spiro atoms. The van der Waals surface area contributed by atoms with Crippen LogP contribution in [0.5, 0.6) is 0 Å². The molecule has 2 atom stereocenters. The van der Waals surface area contributed by atoms with E-state index in [9.17, 15) is 24.6 Å². The lowest BCUT2D eigenvalue weighted by atomic mass is 9.83. The van der Waals surface area contributed by atoms with Crippen molar-refractivity contribution < 1.29 is 24.6 Å². The maximum Gasteiger partial charge on any atom is 0.326 e. The van der Waals surface area contributed by atoms with Crippen LogP contribution in [0, 0.1) is 5.41 Å². The Kier molecular flexibility index (Phi) is 8.25. The molecule has 26 heavy (non-hydrogen) atoms. The number of unbranched alkanes of at least 4 members (excludes halogenated alkanes) is 1. The molecule has 0 aliphatic carbocycles. The summed E-state index contributed by atoms with van der Waals surface area (Å²) >= 11 is 0. The fourth-order valence-corrected chi connectivity index (χ4v) is 2.53. The first-order valence-electron chi connectivity index (χ1n) is 8.74. The minimum atomic E-state index is -1.38. The highest BCUT2D eigenvalue weighted by molar-refractivity contribution is 5.92. The van der Waals surface area contributed by atoms with Crippen LogP contribution in [0.25, 0.3) is 0 Å². The second-order valence-electron chi connectivity index (χ2n) is 6.86. The Bertz CT molecular complexity index is 616. The summed E-state index contributed by atoms with van der Waals surface area (Å²) in [7, 11) is 0. The van der Waals surface area contributed by atoms with Gasteiger partial charge in [0.15, 0.2) is 0 Å². The van der Waals surface area contributed by atoms with E-state index in [2.05, 4.69) is 10.6 Å². The lowest BCUT2D eigenvalue weighted by Gasteiger charge is -2.31. The minimum Gasteiger partial charge on any atom is -0.481 e. The predicted octanol–water partition coefficient (Wildman–Crippen LogP) is 1.67. The molecule has 7 heteroatoms. The minimum absolute atomic E-state index is 0.122. The van der Waals surface area contributed by atoms with Gasteiger partial charge >= 0.3 is 11.9 Å². The molecule has 0 radical (unpaired) electrons. The van der Waals surface area contributed by atoms with E-state index < -0.39 is 35.3 Å². The number of aliphatic carboxylic acids is 2. The second-order valence-corrected chi connectivity index (χ2v) is 6.86. The number of carboxylic acids is 2. The summed E-state index contributed by atoms with van der Waals surface area (Å²) in [5.41, 5.74) is -0.610. The third-order valence-corrected chi connectivity index (χ3v) is 4.31. The van der Waals surface area contributed by atoms with Gasteiger partial charge in [-0.2, -0.15) is 0 Å². The van der Waals surface area contributed by atoms with Crippen LogP contribution in [0.15, 0.2) is 30.3 Å². The normalized spacial score (nSPS) is 13.7. The van der Waals surface area contributed by atoms with Crippen LogP contribution in [-0.4, -0.2) is 46.7 Å². The van der Waals surface area contributed by atoms with E-state index in [0.29, 0.717) is 6.54 Å². The van der Waals surface area contributed by atoms with Crippen molar-refractivity contribution in [3.05, 3.63) is 35.9 Å². The molecule has 0 saturated heterocycles. The van der Waals surface area contributed by atoms with Gasteiger partial charge in [-0.1, -0.05) is 43.7 Å². The zero-order chi connectivity index (χ0) is 19.7.